The Balaban J connectivity index is 1.95. The third kappa shape index (κ3) is 2.40. The smallest absolute Gasteiger partial charge is 0.170 e. The number of hydrogen-bond acceptors (Lipinski definition) is 1. The summed E-state index contributed by atoms with van der Waals surface area (Å²) in [4.78, 5) is 12.8. The van der Waals surface area contributed by atoms with Crippen molar-refractivity contribution >= 4 is 5.78 Å². The lowest BCUT2D eigenvalue weighted by molar-refractivity contribution is 0.0951. The van der Waals surface area contributed by atoms with Crippen LogP contribution in [-0.4, -0.2) is 5.78 Å². The molecule has 0 saturated heterocycles. The molecule has 2 aromatic carbocycles. The molecule has 102 valence electrons. The molecule has 0 fully saturated rings. The van der Waals surface area contributed by atoms with E-state index in [0.29, 0.717) is 0 Å². The third-order valence-electron chi connectivity index (χ3n) is 4.31. The first-order valence-corrected chi connectivity index (χ1v) is 7.50. The average Bonchev–Trinajstić information content (AvgIpc) is 2.53. The lowest BCUT2D eigenvalue weighted by Crippen LogP contribution is -2.18. The van der Waals surface area contributed by atoms with Gasteiger partial charge in [0.2, 0.25) is 0 Å². The van der Waals surface area contributed by atoms with E-state index in [4.69, 9.17) is 0 Å². The number of ketones is 1. The van der Waals surface area contributed by atoms with Crippen LogP contribution in [0.15, 0.2) is 48.5 Å². The lowest BCUT2D eigenvalue weighted by Gasteiger charge is -2.24. The molecule has 1 unspecified atom stereocenters. The maximum atomic E-state index is 12.8. The van der Waals surface area contributed by atoms with Gasteiger partial charge in [0, 0.05) is 11.5 Å². The molecular formula is C19H20O. The zero-order valence-corrected chi connectivity index (χ0v) is 11.9. The maximum absolute atomic E-state index is 12.8. The van der Waals surface area contributed by atoms with Gasteiger partial charge in [-0.05, 0) is 48.4 Å². The standard InChI is InChI=1S/C19H20O/c1-2-14-7-5-10-16(13-14)19(20)18-12-6-9-15-8-3-4-11-17(15)18/h3-5,7-8,10-11,13,18H,2,6,9,12H2,1H3. The Hall–Kier alpha value is -1.89. The fraction of sp³-hybridized carbons (Fsp3) is 0.316. The molecule has 0 aromatic heterocycles. The summed E-state index contributed by atoms with van der Waals surface area (Å²) < 4.78 is 0. The molecule has 1 atom stereocenters. The summed E-state index contributed by atoms with van der Waals surface area (Å²) in [6.07, 6.45) is 4.17. The highest BCUT2D eigenvalue weighted by Gasteiger charge is 2.26. The van der Waals surface area contributed by atoms with Crippen molar-refractivity contribution in [3.8, 4) is 0 Å². The molecule has 3 rings (SSSR count). The molecule has 0 heterocycles. The topological polar surface area (TPSA) is 17.1 Å². The maximum Gasteiger partial charge on any atom is 0.170 e. The normalized spacial score (nSPS) is 17.6. The second kappa shape index (κ2) is 5.62. The molecule has 0 radical (unpaired) electrons. The number of benzene rings is 2. The van der Waals surface area contributed by atoms with Gasteiger partial charge in [0.15, 0.2) is 5.78 Å². The summed E-state index contributed by atoms with van der Waals surface area (Å²) in [5.74, 6) is 0.333. The Morgan fingerprint density at radius 1 is 1.15 bits per heavy atom. The van der Waals surface area contributed by atoms with E-state index in [-0.39, 0.29) is 11.7 Å². The quantitative estimate of drug-likeness (QED) is 0.743. The first-order chi connectivity index (χ1) is 9.79. The van der Waals surface area contributed by atoms with Crippen molar-refractivity contribution in [3.05, 3.63) is 70.8 Å². The number of Topliss-reactive ketones (excluding diaryl/α,β-unsaturated/α-hetero) is 1. The van der Waals surface area contributed by atoms with E-state index in [1.54, 1.807) is 0 Å². The molecule has 1 heteroatoms. The second-order valence-electron chi connectivity index (χ2n) is 5.56. The molecule has 1 aliphatic carbocycles. The summed E-state index contributed by atoms with van der Waals surface area (Å²) in [5, 5.41) is 0. The van der Waals surface area contributed by atoms with Gasteiger partial charge >= 0.3 is 0 Å². The number of fused-ring (bicyclic) bond motifs is 1. The number of rotatable bonds is 3. The first-order valence-electron chi connectivity index (χ1n) is 7.50. The Kier molecular flexibility index (Phi) is 3.68. The molecule has 0 spiro atoms. The van der Waals surface area contributed by atoms with Crippen LogP contribution in [0, 0.1) is 0 Å². The number of aryl methyl sites for hydroxylation is 2. The third-order valence-corrected chi connectivity index (χ3v) is 4.31. The highest BCUT2D eigenvalue weighted by molar-refractivity contribution is 6.01. The van der Waals surface area contributed by atoms with Crippen molar-refractivity contribution in [1.82, 2.24) is 0 Å². The van der Waals surface area contributed by atoms with Crippen molar-refractivity contribution < 1.29 is 4.79 Å². The van der Waals surface area contributed by atoms with Gasteiger partial charge in [0.25, 0.3) is 0 Å². The van der Waals surface area contributed by atoms with Gasteiger partial charge in [-0.3, -0.25) is 4.79 Å². The van der Waals surface area contributed by atoms with Crippen LogP contribution >= 0.6 is 0 Å². The minimum absolute atomic E-state index is 0.0482. The second-order valence-corrected chi connectivity index (χ2v) is 5.56. The largest absolute Gasteiger partial charge is 0.293 e. The summed E-state index contributed by atoms with van der Waals surface area (Å²) in [6, 6.07) is 16.5. The van der Waals surface area contributed by atoms with E-state index in [2.05, 4.69) is 37.3 Å². The van der Waals surface area contributed by atoms with Gasteiger partial charge in [-0.2, -0.15) is 0 Å². The van der Waals surface area contributed by atoms with E-state index in [1.165, 1.54) is 16.7 Å². The van der Waals surface area contributed by atoms with E-state index < -0.39 is 0 Å². The summed E-state index contributed by atoms with van der Waals surface area (Å²) in [7, 11) is 0. The van der Waals surface area contributed by atoms with Gasteiger partial charge in [0.05, 0.1) is 0 Å². The fourth-order valence-corrected chi connectivity index (χ4v) is 3.17. The molecule has 0 aliphatic heterocycles. The van der Waals surface area contributed by atoms with Crippen molar-refractivity contribution in [2.75, 3.05) is 0 Å². The Morgan fingerprint density at radius 3 is 2.85 bits per heavy atom. The highest BCUT2D eigenvalue weighted by atomic mass is 16.1. The van der Waals surface area contributed by atoms with Crippen molar-refractivity contribution in [2.24, 2.45) is 0 Å². The van der Waals surface area contributed by atoms with Crippen molar-refractivity contribution in [3.63, 3.8) is 0 Å². The predicted octanol–water partition coefficient (Wildman–Crippen LogP) is 4.55. The molecule has 0 bridgehead atoms. The molecule has 0 saturated carbocycles. The van der Waals surface area contributed by atoms with Crippen LogP contribution in [0.4, 0.5) is 0 Å². The average molecular weight is 264 g/mol. The minimum atomic E-state index is 0.0482. The Labute approximate surface area is 120 Å². The zero-order valence-electron chi connectivity index (χ0n) is 11.9. The van der Waals surface area contributed by atoms with Gasteiger partial charge in [0.1, 0.15) is 0 Å². The van der Waals surface area contributed by atoms with Crippen LogP contribution in [0.2, 0.25) is 0 Å². The van der Waals surface area contributed by atoms with Gasteiger partial charge in [-0.25, -0.2) is 0 Å². The molecule has 1 aliphatic rings. The predicted molar refractivity (Wildman–Crippen MR) is 82.3 cm³/mol. The van der Waals surface area contributed by atoms with Crippen LogP contribution < -0.4 is 0 Å². The summed E-state index contributed by atoms with van der Waals surface area (Å²) in [5.41, 5.74) is 4.69. The SMILES string of the molecule is CCc1cccc(C(=O)C2CCCc3ccccc32)c1. The van der Waals surface area contributed by atoms with Crippen LogP contribution in [0.25, 0.3) is 0 Å². The fourth-order valence-electron chi connectivity index (χ4n) is 3.17. The number of carbonyl (C=O) groups is 1. The highest BCUT2D eigenvalue weighted by Crippen LogP contribution is 2.34. The van der Waals surface area contributed by atoms with Crippen LogP contribution in [0.1, 0.15) is 52.7 Å². The summed E-state index contributed by atoms with van der Waals surface area (Å²) in [6.45, 7) is 2.12. The minimum Gasteiger partial charge on any atom is -0.293 e. The van der Waals surface area contributed by atoms with Crippen LogP contribution in [-0.2, 0) is 12.8 Å². The zero-order chi connectivity index (χ0) is 13.9. The van der Waals surface area contributed by atoms with Gasteiger partial charge < -0.3 is 0 Å². The van der Waals surface area contributed by atoms with E-state index >= 15 is 0 Å². The molecule has 2 aromatic rings. The van der Waals surface area contributed by atoms with Crippen molar-refractivity contribution in [1.29, 1.82) is 0 Å². The van der Waals surface area contributed by atoms with Crippen LogP contribution in [0.5, 0.6) is 0 Å². The first kappa shape index (κ1) is 13.1. The molecule has 0 amide bonds. The van der Waals surface area contributed by atoms with Gasteiger partial charge in [-0.1, -0.05) is 49.4 Å². The molecule has 20 heavy (non-hydrogen) atoms. The van der Waals surface area contributed by atoms with E-state index in [0.717, 1.165) is 31.2 Å². The Morgan fingerprint density at radius 2 is 2.00 bits per heavy atom. The van der Waals surface area contributed by atoms with E-state index in [1.807, 2.05) is 18.2 Å². The number of hydrogen-bond donors (Lipinski definition) is 0. The Bertz CT molecular complexity index is 627. The lowest BCUT2D eigenvalue weighted by atomic mass is 9.79. The summed E-state index contributed by atoms with van der Waals surface area (Å²) >= 11 is 0. The molecule has 0 N–H and O–H groups in total. The van der Waals surface area contributed by atoms with Crippen LogP contribution in [0.3, 0.4) is 0 Å². The van der Waals surface area contributed by atoms with E-state index in [9.17, 15) is 4.79 Å². The molecule has 1 nitrogen and oxygen atoms in total. The van der Waals surface area contributed by atoms with Crippen molar-refractivity contribution in [2.45, 2.75) is 38.5 Å². The molecular weight excluding hydrogens is 244 g/mol. The monoisotopic (exact) mass is 264 g/mol. The van der Waals surface area contributed by atoms with Gasteiger partial charge in [-0.15, -0.1) is 0 Å². The number of carbonyl (C=O) groups excluding carboxylic acids is 1.